The van der Waals surface area contributed by atoms with E-state index in [1.807, 2.05) is 12.1 Å². The lowest BCUT2D eigenvalue weighted by Gasteiger charge is -2.35. The van der Waals surface area contributed by atoms with Crippen molar-refractivity contribution in [3.05, 3.63) is 54.4 Å². The van der Waals surface area contributed by atoms with Crippen LogP contribution >= 0.6 is 0 Å². The second kappa shape index (κ2) is 7.71. The first-order valence-corrected chi connectivity index (χ1v) is 8.87. The number of rotatable bonds is 5. The number of aromatic nitrogens is 2. The number of carbonyl (C=O) groups is 1. The second-order valence-corrected chi connectivity index (χ2v) is 6.44. The van der Waals surface area contributed by atoms with Gasteiger partial charge in [0.05, 0.1) is 13.1 Å². The predicted octanol–water partition coefficient (Wildman–Crippen LogP) is 1.80. The first kappa shape index (κ1) is 17.4. The van der Waals surface area contributed by atoms with Gasteiger partial charge in [0.25, 0.3) is 0 Å². The first-order valence-electron chi connectivity index (χ1n) is 8.87. The average Bonchev–Trinajstić information content (AvgIpc) is 3.12. The number of oxazole rings is 1. The van der Waals surface area contributed by atoms with Crippen LogP contribution in [-0.4, -0.2) is 53.5 Å². The van der Waals surface area contributed by atoms with E-state index in [1.165, 1.54) is 6.07 Å². The molecule has 8 heteroatoms. The highest BCUT2D eigenvalue weighted by molar-refractivity contribution is 5.78. The summed E-state index contributed by atoms with van der Waals surface area (Å²) in [6.07, 6.45) is 3.57. The summed E-state index contributed by atoms with van der Waals surface area (Å²) in [6, 6.07) is 8.53. The minimum absolute atomic E-state index is 0.102. The van der Waals surface area contributed by atoms with Crippen molar-refractivity contribution in [3.8, 4) is 0 Å². The Bertz CT molecular complexity index is 922. The van der Waals surface area contributed by atoms with Gasteiger partial charge in [0.1, 0.15) is 5.52 Å². The molecule has 0 spiro atoms. The van der Waals surface area contributed by atoms with E-state index in [0.717, 1.165) is 31.9 Å². The summed E-state index contributed by atoms with van der Waals surface area (Å²) in [5.74, 6) is -0.234. The Labute approximate surface area is 155 Å². The zero-order valence-corrected chi connectivity index (χ0v) is 14.8. The Morgan fingerprint density at radius 2 is 1.93 bits per heavy atom. The van der Waals surface area contributed by atoms with E-state index in [-0.39, 0.29) is 18.0 Å². The summed E-state index contributed by atoms with van der Waals surface area (Å²) in [5, 5.41) is 2.79. The Morgan fingerprint density at radius 3 is 2.67 bits per heavy atom. The maximum Gasteiger partial charge on any atom is 0.234 e. The number of benzene rings is 1. The molecule has 1 saturated heterocycles. The van der Waals surface area contributed by atoms with Gasteiger partial charge in [0, 0.05) is 44.3 Å². The molecule has 27 heavy (non-hydrogen) atoms. The highest BCUT2D eigenvalue weighted by Crippen LogP contribution is 2.18. The van der Waals surface area contributed by atoms with Gasteiger partial charge in [-0.1, -0.05) is 6.07 Å². The lowest BCUT2D eigenvalue weighted by molar-refractivity contribution is -0.122. The zero-order valence-electron chi connectivity index (χ0n) is 14.8. The molecule has 1 aliphatic rings. The minimum Gasteiger partial charge on any atom is -0.439 e. The number of piperazine rings is 1. The fraction of sp³-hybridized carbons (Fsp3) is 0.316. The molecule has 1 fully saturated rings. The molecule has 140 valence electrons. The number of hydrogen-bond acceptors (Lipinski definition) is 6. The molecular formula is C19H20FN5O2. The van der Waals surface area contributed by atoms with Gasteiger partial charge >= 0.3 is 0 Å². The van der Waals surface area contributed by atoms with Crippen LogP contribution in [0.1, 0.15) is 5.89 Å². The maximum atomic E-state index is 13.6. The van der Waals surface area contributed by atoms with Crippen molar-refractivity contribution in [1.82, 2.24) is 20.2 Å². The summed E-state index contributed by atoms with van der Waals surface area (Å²) in [5.41, 5.74) is 1.72. The number of amides is 1. The predicted molar refractivity (Wildman–Crippen MR) is 98.7 cm³/mol. The van der Waals surface area contributed by atoms with Gasteiger partial charge in [-0.05, 0) is 24.3 Å². The summed E-state index contributed by atoms with van der Waals surface area (Å²) >= 11 is 0. The fourth-order valence-electron chi connectivity index (χ4n) is 3.19. The molecule has 7 nitrogen and oxygen atoms in total. The van der Waals surface area contributed by atoms with Crippen molar-refractivity contribution < 1.29 is 13.6 Å². The van der Waals surface area contributed by atoms with Gasteiger partial charge in [0.15, 0.2) is 11.4 Å². The minimum atomic E-state index is -0.430. The lowest BCUT2D eigenvalue weighted by Crippen LogP contribution is -2.49. The highest BCUT2D eigenvalue weighted by atomic mass is 19.1. The van der Waals surface area contributed by atoms with Crippen LogP contribution < -0.4 is 10.2 Å². The molecule has 1 amide bonds. The topological polar surface area (TPSA) is 74.5 Å². The average molecular weight is 369 g/mol. The molecule has 0 radical (unpaired) electrons. The van der Waals surface area contributed by atoms with Gasteiger partial charge < -0.3 is 14.6 Å². The molecule has 3 aromatic rings. The van der Waals surface area contributed by atoms with Crippen LogP contribution in [0.2, 0.25) is 0 Å². The third kappa shape index (κ3) is 4.06. The molecule has 0 unspecified atom stereocenters. The van der Waals surface area contributed by atoms with Gasteiger partial charge in [-0.3, -0.25) is 14.7 Å². The molecule has 0 saturated carbocycles. The van der Waals surface area contributed by atoms with E-state index in [9.17, 15) is 9.18 Å². The number of nitrogens with one attached hydrogen (secondary N) is 1. The van der Waals surface area contributed by atoms with Gasteiger partial charge in [-0.25, -0.2) is 9.37 Å². The van der Waals surface area contributed by atoms with Crippen molar-refractivity contribution in [1.29, 1.82) is 0 Å². The van der Waals surface area contributed by atoms with Crippen LogP contribution in [0.5, 0.6) is 0 Å². The van der Waals surface area contributed by atoms with Crippen LogP contribution in [0.3, 0.4) is 0 Å². The number of hydrogen-bond donors (Lipinski definition) is 1. The quantitative estimate of drug-likeness (QED) is 0.739. The summed E-state index contributed by atoms with van der Waals surface area (Å²) < 4.78 is 19.1. The van der Waals surface area contributed by atoms with E-state index in [4.69, 9.17) is 4.42 Å². The molecule has 4 rings (SSSR count). The van der Waals surface area contributed by atoms with Crippen molar-refractivity contribution in [2.24, 2.45) is 0 Å². The molecule has 0 aliphatic carbocycles. The molecule has 1 aliphatic heterocycles. The number of pyridine rings is 1. The maximum absolute atomic E-state index is 13.6. The molecule has 2 aromatic heterocycles. The summed E-state index contributed by atoms with van der Waals surface area (Å²) in [6.45, 7) is 3.81. The number of nitrogens with zero attached hydrogens (tertiary/aromatic N) is 4. The smallest absolute Gasteiger partial charge is 0.234 e. The van der Waals surface area contributed by atoms with Crippen molar-refractivity contribution in [2.75, 3.05) is 37.6 Å². The van der Waals surface area contributed by atoms with Crippen LogP contribution in [0.15, 0.2) is 47.1 Å². The van der Waals surface area contributed by atoms with Crippen molar-refractivity contribution in [2.45, 2.75) is 6.54 Å². The number of fused-ring (bicyclic) bond motifs is 1. The van der Waals surface area contributed by atoms with E-state index in [1.54, 1.807) is 24.5 Å². The van der Waals surface area contributed by atoms with E-state index < -0.39 is 5.82 Å². The number of carbonyl (C=O) groups excluding carboxylic acids is 1. The lowest BCUT2D eigenvalue weighted by atomic mass is 10.2. The molecule has 1 aromatic carbocycles. The van der Waals surface area contributed by atoms with Gasteiger partial charge in [-0.2, -0.15) is 0 Å². The van der Waals surface area contributed by atoms with Crippen LogP contribution in [0.4, 0.5) is 10.1 Å². The van der Waals surface area contributed by atoms with Crippen molar-refractivity contribution in [3.63, 3.8) is 0 Å². The molecule has 3 heterocycles. The van der Waals surface area contributed by atoms with Gasteiger partial charge in [0.2, 0.25) is 11.8 Å². The standard InChI is InChI=1S/C19H20FN5O2/c20-15-2-1-3-16-19(15)23-18(27-16)12-22-17(26)13-24-8-10-25(11-9-24)14-4-6-21-7-5-14/h1-7H,8-13H2,(H,22,26). The Kier molecular flexibility index (Phi) is 4.97. The number of halogens is 1. The molecule has 0 atom stereocenters. The Balaban J connectivity index is 1.25. The largest absolute Gasteiger partial charge is 0.439 e. The first-order chi connectivity index (χ1) is 13.2. The zero-order chi connectivity index (χ0) is 18.6. The summed E-state index contributed by atoms with van der Waals surface area (Å²) in [4.78, 5) is 24.7. The Hall–Kier alpha value is -3.00. The second-order valence-electron chi connectivity index (χ2n) is 6.44. The number of anilines is 1. The van der Waals surface area contributed by atoms with E-state index in [2.05, 4.69) is 25.1 Å². The fourth-order valence-corrected chi connectivity index (χ4v) is 3.19. The van der Waals surface area contributed by atoms with E-state index >= 15 is 0 Å². The van der Waals surface area contributed by atoms with Crippen LogP contribution in [0, 0.1) is 5.82 Å². The van der Waals surface area contributed by atoms with Crippen molar-refractivity contribution >= 4 is 22.7 Å². The molecule has 1 N–H and O–H groups in total. The third-order valence-electron chi connectivity index (χ3n) is 4.62. The van der Waals surface area contributed by atoms with Crippen LogP contribution in [0.25, 0.3) is 11.1 Å². The monoisotopic (exact) mass is 369 g/mol. The normalized spacial score (nSPS) is 15.2. The SMILES string of the molecule is O=C(CN1CCN(c2ccncc2)CC1)NCc1nc2c(F)cccc2o1. The van der Waals surface area contributed by atoms with Crippen LogP contribution in [-0.2, 0) is 11.3 Å². The third-order valence-corrected chi connectivity index (χ3v) is 4.62. The summed E-state index contributed by atoms with van der Waals surface area (Å²) in [7, 11) is 0. The molecular weight excluding hydrogens is 349 g/mol. The molecule has 0 bridgehead atoms. The van der Waals surface area contributed by atoms with Gasteiger partial charge in [-0.15, -0.1) is 0 Å². The highest BCUT2D eigenvalue weighted by Gasteiger charge is 2.19. The Morgan fingerprint density at radius 1 is 1.15 bits per heavy atom. The van der Waals surface area contributed by atoms with E-state index in [0.29, 0.717) is 18.0 Å². The number of para-hydroxylation sites is 1.